The lowest BCUT2D eigenvalue weighted by Gasteiger charge is -2.04. The first-order valence-corrected chi connectivity index (χ1v) is 5.99. The van der Waals surface area contributed by atoms with Crippen LogP contribution in [0.15, 0.2) is 34.7 Å². The minimum Gasteiger partial charge on any atom is -0.476 e. The Morgan fingerprint density at radius 3 is 2.75 bits per heavy atom. The minimum absolute atomic E-state index is 0.0997. The van der Waals surface area contributed by atoms with Crippen molar-refractivity contribution in [2.45, 2.75) is 0 Å². The molecule has 0 saturated heterocycles. The fourth-order valence-corrected chi connectivity index (χ4v) is 1.96. The molecular weight excluding hydrogens is 282 g/mol. The third-order valence-corrected chi connectivity index (χ3v) is 3.10. The van der Waals surface area contributed by atoms with Gasteiger partial charge in [-0.15, -0.1) is 0 Å². The van der Waals surface area contributed by atoms with Gasteiger partial charge in [-0.3, -0.25) is 0 Å². The number of halogens is 1. The van der Waals surface area contributed by atoms with E-state index in [1.807, 2.05) is 12.1 Å². The lowest BCUT2D eigenvalue weighted by molar-refractivity contribution is 0.0691. The van der Waals surface area contributed by atoms with Crippen LogP contribution >= 0.6 is 11.6 Å². The summed E-state index contributed by atoms with van der Waals surface area (Å²) in [5.74, 6) is -1.07. The number of aromatic nitrogens is 2. The maximum atomic E-state index is 11.1. The molecule has 0 saturated carbocycles. The molecule has 0 bridgehead atoms. The Labute approximate surface area is 117 Å². The lowest BCUT2D eigenvalue weighted by Crippen LogP contribution is -2.05. The van der Waals surface area contributed by atoms with Gasteiger partial charge in [-0.05, 0) is 18.2 Å². The van der Waals surface area contributed by atoms with Gasteiger partial charge in [-0.25, -0.2) is 14.8 Å². The van der Waals surface area contributed by atoms with Gasteiger partial charge < -0.3 is 15.3 Å². The first kappa shape index (κ1) is 12.4. The Hall–Kier alpha value is -2.60. The first-order chi connectivity index (χ1) is 9.56. The number of anilines is 1. The van der Waals surface area contributed by atoms with Crippen molar-refractivity contribution in [2.24, 2.45) is 0 Å². The topological polar surface area (TPSA) is 102 Å². The standard InChI is InChI=1S/C13H8ClN3O3/c14-10-6(15)5-8(16-11(10)13(18)19)12-17-7-3-1-2-4-9(7)20-12/h1-5H,(H2,15,16)(H,18,19). The maximum absolute atomic E-state index is 11.1. The van der Waals surface area contributed by atoms with Gasteiger partial charge in [0.1, 0.15) is 11.2 Å². The van der Waals surface area contributed by atoms with E-state index in [4.69, 9.17) is 26.9 Å². The van der Waals surface area contributed by atoms with Crippen LogP contribution in [-0.4, -0.2) is 21.0 Å². The molecule has 7 heteroatoms. The number of pyridine rings is 1. The Balaban J connectivity index is 2.21. The van der Waals surface area contributed by atoms with Gasteiger partial charge in [-0.2, -0.15) is 0 Å². The highest BCUT2D eigenvalue weighted by Crippen LogP contribution is 2.29. The second-order valence-electron chi connectivity index (χ2n) is 4.05. The van der Waals surface area contributed by atoms with Crippen LogP contribution in [-0.2, 0) is 0 Å². The average molecular weight is 290 g/mol. The Bertz CT molecular complexity index is 796. The Kier molecular flexibility index (Phi) is 2.80. The van der Waals surface area contributed by atoms with Gasteiger partial charge in [0.15, 0.2) is 11.3 Å². The van der Waals surface area contributed by atoms with Crippen LogP contribution < -0.4 is 5.73 Å². The number of carbonyl (C=O) groups is 1. The number of nitrogens with two attached hydrogens (primary N) is 1. The number of aromatic carboxylic acids is 1. The van der Waals surface area contributed by atoms with E-state index in [1.54, 1.807) is 12.1 Å². The van der Waals surface area contributed by atoms with Crippen LogP contribution in [0.5, 0.6) is 0 Å². The SMILES string of the molecule is Nc1cc(-c2nc3ccccc3o2)nc(C(=O)O)c1Cl. The molecule has 0 spiro atoms. The van der Waals surface area contributed by atoms with E-state index in [1.165, 1.54) is 6.07 Å². The number of hydrogen-bond donors (Lipinski definition) is 2. The van der Waals surface area contributed by atoms with Crippen LogP contribution in [0.2, 0.25) is 5.02 Å². The number of fused-ring (bicyclic) bond motifs is 1. The molecule has 100 valence electrons. The summed E-state index contributed by atoms with van der Waals surface area (Å²) in [6, 6.07) is 8.59. The van der Waals surface area contributed by atoms with Crippen molar-refractivity contribution in [3.8, 4) is 11.6 Å². The van der Waals surface area contributed by atoms with Gasteiger partial charge in [0, 0.05) is 0 Å². The Morgan fingerprint density at radius 1 is 1.30 bits per heavy atom. The van der Waals surface area contributed by atoms with Gasteiger partial charge in [0.2, 0.25) is 5.89 Å². The van der Waals surface area contributed by atoms with E-state index in [0.717, 1.165) is 0 Å². The van der Waals surface area contributed by atoms with E-state index in [-0.39, 0.29) is 28.0 Å². The van der Waals surface area contributed by atoms with Crippen LogP contribution in [0.3, 0.4) is 0 Å². The second kappa shape index (κ2) is 4.50. The molecule has 0 aliphatic carbocycles. The van der Waals surface area contributed by atoms with E-state index in [0.29, 0.717) is 11.1 Å². The number of oxazole rings is 1. The molecule has 6 nitrogen and oxygen atoms in total. The van der Waals surface area contributed by atoms with Crippen molar-refractivity contribution in [3.63, 3.8) is 0 Å². The van der Waals surface area contributed by atoms with Crippen molar-refractivity contribution >= 4 is 34.4 Å². The maximum Gasteiger partial charge on any atom is 0.356 e. The molecular formula is C13H8ClN3O3. The van der Waals surface area contributed by atoms with E-state index in [2.05, 4.69) is 9.97 Å². The number of carboxylic acid groups (broad SMARTS) is 1. The van der Waals surface area contributed by atoms with Crippen molar-refractivity contribution in [1.82, 2.24) is 9.97 Å². The summed E-state index contributed by atoms with van der Waals surface area (Å²) in [5, 5.41) is 8.95. The lowest BCUT2D eigenvalue weighted by atomic mass is 10.2. The molecule has 3 rings (SSSR count). The minimum atomic E-state index is -1.26. The summed E-state index contributed by atoms with van der Waals surface area (Å²) in [7, 11) is 0. The van der Waals surface area contributed by atoms with Crippen molar-refractivity contribution in [2.75, 3.05) is 5.73 Å². The third-order valence-electron chi connectivity index (χ3n) is 2.70. The zero-order chi connectivity index (χ0) is 14.3. The normalized spacial score (nSPS) is 10.8. The largest absolute Gasteiger partial charge is 0.476 e. The predicted octanol–water partition coefficient (Wildman–Crippen LogP) is 2.82. The van der Waals surface area contributed by atoms with Crippen molar-refractivity contribution < 1.29 is 14.3 Å². The van der Waals surface area contributed by atoms with Gasteiger partial charge in [0.25, 0.3) is 0 Å². The molecule has 2 heterocycles. The highest BCUT2D eigenvalue weighted by molar-refractivity contribution is 6.35. The molecule has 0 radical (unpaired) electrons. The van der Waals surface area contributed by atoms with Crippen molar-refractivity contribution in [1.29, 1.82) is 0 Å². The van der Waals surface area contributed by atoms with Crippen LogP contribution in [0.1, 0.15) is 10.5 Å². The summed E-state index contributed by atoms with van der Waals surface area (Å²) in [4.78, 5) is 19.2. The third kappa shape index (κ3) is 1.96. The Morgan fingerprint density at radius 2 is 2.05 bits per heavy atom. The number of benzene rings is 1. The van der Waals surface area contributed by atoms with Gasteiger partial charge in [-0.1, -0.05) is 23.7 Å². The highest BCUT2D eigenvalue weighted by atomic mass is 35.5. The van der Waals surface area contributed by atoms with Gasteiger partial charge in [0.05, 0.1) is 10.7 Å². The molecule has 0 aliphatic rings. The van der Waals surface area contributed by atoms with Crippen molar-refractivity contribution in [3.05, 3.63) is 41.0 Å². The average Bonchev–Trinajstić information content (AvgIpc) is 2.85. The molecule has 0 fully saturated rings. The van der Waals surface area contributed by atoms with E-state index in [9.17, 15) is 4.79 Å². The summed E-state index contributed by atoms with van der Waals surface area (Å²) in [5.41, 5.74) is 6.91. The zero-order valence-electron chi connectivity index (χ0n) is 10.0. The summed E-state index contributed by atoms with van der Waals surface area (Å²) in [6.45, 7) is 0. The predicted molar refractivity (Wildman–Crippen MR) is 73.6 cm³/mol. The molecule has 0 atom stereocenters. The molecule has 3 N–H and O–H groups in total. The smallest absolute Gasteiger partial charge is 0.356 e. The summed E-state index contributed by atoms with van der Waals surface area (Å²) < 4.78 is 5.52. The summed E-state index contributed by atoms with van der Waals surface area (Å²) >= 11 is 5.81. The van der Waals surface area contributed by atoms with E-state index < -0.39 is 5.97 Å². The molecule has 1 aromatic carbocycles. The zero-order valence-corrected chi connectivity index (χ0v) is 10.8. The monoisotopic (exact) mass is 289 g/mol. The van der Waals surface area contributed by atoms with Crippen LogP contribution in [0, 0.1) is 0 Å². The molecule has 3 aromatic rings. The molecule has 0 unspecified atom stereocenters. The molecule has 2 aromatic heterocycles. The highest BCUT2D eigenvalue weighted by Gasteiger charge is 2.18. The molecule has 20 heavy (non-hydrogen) atoms. The fraction of sp³-hybridized carbons (Fsp3) is 0. The van der Waals surface area contributed by atoms with E-state index >= 15 is 0 Å². The van der Waals surface area contributed by atoms with Crippen LogP contribution in [0.25, 0.3) is 22.7 Å². The van der Waals surface area contributed by atoms with Gasteiger partial charge >= 0.3 is 5.97 Å². The first-order valence-electron chi connectivity index (χ1n) is 5.61. The summed E-state index contributed by atoms with van der Waals surface area (Å²) in [6.07, 6.45) is 0. The molecule has 0 aliphatic heterocycles. The number of hydrogen-bond acceptors (Lipinski definition) is 5. The number of carboxylic acids is 1. The second-order valence-corrected chi connectivity index (χ2v) is 4.43. The number of nitrogens with zero attached hydrogens (tertiary/aromatic N) is 2. The number of rotatable bonds is 2. The molecule has 0 amide bonds. The number of nitrogen functional groups attached to an aromatic ring is 1. The quantitative estimate of drug-likeness (QED) is 0.752. The fourth-order valence-electron chi connectivity index (χ4n) is 1.78. The number of para-hydroxylation sites is 2. The van der Waals surface area contributed by atoms with Crippen LogP contribution in [0.4, 0.5) is 5.69 Å².